The van der Waals surface area contributed by atoms with Crippen molar-refractivity contribution in [2.75, 3.05) is 14.2 Å². The zero-order valence-corrected chi connectivity index (χ0v) is 12.6. The summed E-state index contributed by atoms with van der Waals surface area (Å²) < 4.78 is 7.69. The van der Waals surface area contributed by atoms with Crippen LogP contribution < -0.4 is 5.32 Å². The number of hydrogen-bond donors (Lipinski definition) is 1. The number of nitrogens with one attached hydrogen (secondary N) is 1. The lowest BCUT2D eigenvalue weighted by molar-refractivity contribution is 0.0581. The molecule has 5 heteroatoms. The zero-order chi connectivity index (χ0) is 13.3. The van der Waals surface area contributed by atoms with E-state index in [2.05, 4.69) is 21.2 Å². The van der Waals surface area contributed by atoms with Crippen molar-refractivity contribution in [3.8, 4) is 0 Å². The number of carbonyl (C=O) groups is 1. The van der Waals surface area contributed by atoms with Crippen LogP contribution in [0.4, 0.5) is 0 Å². The number of nitrogens with zero attached hydrogens (tertiary/aromatic N) is 1. The molecular weight excluding hydrogens is 296 g/mol. The first-order chi connectivity index (χ1) is 8.53. The van der Waals surface area contributed by atoms with Crippen molar-refractivity contribution >= 4 is 21.9 Å². The minimum Gasteiger partial charge on any atom is -0.464 e. The second-order valence-electron chi connectivity index (χ2n) is 4.98. The number of hydrogen-bond acceptors (Lipinski definition) is 3. The minimum absolute atomic E-state index is 0.133. The first-order valence-corrected chi connectivity index (χ1v) is 6.95. The van der Waals surface area contributed by atoms with Crippen LogP contribution in [0, 0.1) is 6.92 Å². The minimum atomic E-state index is -0.291. The third-order valence-corrected chi connectivity index (χ3v) is 4.88. The molecular formula is C13H19BrN2O2. The van der Waals surface area contributed by atoms with Gasteiger partial charge in [0.05, 0.1) is 11.6 Å². The van der Waals surface area contributed by atoms with Gasteiger partial charge in [-0.05, 0) is 54.7 Å². The van der Waals surface area contributed by atoms with Crippen LogP contribution in [0.15, 0.2) is 10.7 Å². The Kier molecular flexibility index (Phi) is 3.82. The molecule has 0 saturated heterocycles. The number of esters is 1. The molecule has 1 heterocycles. The Morgan fingerprint density at radius 3 is 2.72 bits per heavy atom. The number of likely N-dealkylation sites (N-methyl/N-ethyl adjacent to an activating group) is 1. The lowest BCUT2D eigenvalue weighted by atomic mass is 9.77. The first-order valence-electron chi connectivity index (χ1n) is 6.15. The molecule has 0 amide bonds. The molecule has 0 bridgehead atoms. The molecule has 1 aromatic heterocycles. The molecule has 0 atom stereocenters. The van der Waals surface area contributed by atoms with Gasteiger partial charge in [0.15, 0.2) is 0 Å². The van der Waals surface area contributed by atoms with Gasteiger partial charge in [-0.25, -0.2) is 4.79 Å². The van der Waals surface area contributed by atoms with E-state index in [-0.39, 0.29) is 11.5 Å². The normalized spacial score (nSPS) is 17.3. The van der Waals surface area contributed by atoms with Crippen molar-refractivity contribution in [1.29, 1.82) is 0 Å². The summed E-state index contributed by atoms with van der Waals surface area (Å²) in [6.45, 7) is 2.79. The highest BCUT2D eigenvalue weighted by molar-refractivity contribution is 9.10. The van der Waals surface area contributed by atoms with Gasteiger partial charge in [0.25, 0.3) is 0 Å². The van der Waals surface area contributed by atoms with Gasteiger partial charge in [0.1, 0.15) is 5.69 Å². The Hall–Kier alpha value is -0.810. The van der Waals surface area contributed by atoms with Gasteiger partial charge in [0, 0.05) is 18.3 Å². The van der Waals surface area contributed by atoms with Crippen molar-refractivity contribution in [1.82, 2.24) is 9.88 Å². The highest BCUT2D eigenvalue weighted by Gasteiger charge is 2.36. The lowest BCUT2D eigenvalue weighted by Crippen LogP contribution is -2.52. The molecule has 2 rings (SSSR count). The molecule has 1 saturated carbocycles. The summed E-state index contributed by atoms with van der Waals surface area (Å²) in [5.74, 6) is -0.291. The second-order valence-corrected chi connectivity index (χ2v) is 5.77. The van der Waals surface area contributed by atoms with E-state index in [0.717, 1.165) is 29.4 Å². The van der Waals surface area contributed by atoms with Crippen LogP contribution >= 0.6 is 15.9 Å². The smallest absolute Gasteiger partial charge is 0.355 e. The van der Waals surface area contributed by atoms with Crippen molar-refractivity contribution in [3.63, 3.8) is 0 Å². The van der Waals surface area contributed by atoms with Crippen molar-refractivity contribution < 1.29 is 9.53 Å². The van der Waals surface area contributed by atoms with E-state index >= 15 is 0 Å². The highest BCUT2D eigenvalue weighted by Crippen LogP contribution is 2.35. The SMILES string of the molecule is CNC1(Cn2cc(C)c(Br)c2C(=O)OC)CCC1. The van der Waals surface area contributed by atoms with E-state index in [1.807, 2.05) is 24.7 Å². The summed E-state index contributed by atoms with van der Waals surface area (Å²) in [7, 11) is 3.40. The van der Waals surface area contributed by atoms with E-state index < -0.39 is 0 Å². The number of ether oxygens (including phenoxy) is 1. The second kappa shape index (κ2) is 5.05. The molecule has 1 aliphatic carbocycles. The molecule has 18 heavy (non-hydrogen) atoms. The number of carbonyl (C=O) groups excluding carboxylic acids is 1. The highest BCUT2D eigenvalue weighted by atomic mass is 79.9. The fraction of sp³-hybridized carbons (Fsp3) is 0.615. The van der Waals surface area contributed by atoms with Crippen LogP contribution in [0.2, 0.25) is 0 Å². The van der Waals surface area contributed by atoms with Crippen LogP contribution in [-0.4, -0.2) is 30.2 Å². The Bertz CT molecular complexity index is 458. The summed E-state index contributed by atoms with van der Waals surface area (Å²) in [4.78, 5) is 11.9. The van der Waals surface area contributed by atoms with Crippen molar-refractivity contribution in [2.24, 2.45) is 0 Å². The van der Waals surface area contributed by atoms with Gasteiger partial charge in [-0.15, -0.1) is 0 Å². The van der Waals surface area contributed by atoms with Gasteiger partial charge in [-0.3, -0.25) is 0 Å². The number of methoxy groups -OCH3 is 1. The van der Waals surface area contributed by atoms with Gasteiger partial charge >= 0.3 is 5.97 Å². The van der Waals surface area contributed by atoms with Crippen LogP contribution in [0.3, 0.4) is 0 Å². The Labute approximate surface area is 116 Å². The Morgan fingerprint density at radius 1 is 1.61 bits per heavy atom. The van der Waals surface area contributed by atoms with Crippen molar-refractivity contribution in [3.05, 3.63) is 21.9 Å². The van der Waals surface area contributed by atoms with Crippen LogP contribution in [0.1, 0.15) is 35.3 Å². The molecule has 1 fully saturated rings. The van der Waals surface area contributed by atoms with E-state index in [9.17, 15) is 4.79 Å². The van der Waals surface area contributed by atoms with E-state index in [1.165, 1.54) is 13.5 Å². The summed E-state index contributed by atoms with van der Waals surface area (Å²) in [5.41, 5.74) is 1.80. The maximum Gasteiger partial charge on any atom is 0.355 e. The predicted molar refractivity (Wildman–Crippen MR) is 73.9 cm³/mol. The number of halogens is 1. The third kappa shape index (κ3) is 2.21. The topological polar surface area (TPSA) is 43.3 Å². The summed E-state index contributed by atoms with van der Waals surface area (Å²) in [5, 5.41) is 3.39. The number of aryl methyl sites for hydroxylation is 1. The van der Waals surface area contributed by atoms with Gasteiger partial charge < -0.3 is 14.6 Å². The quantitative estimate of drug-likeness (QED) is 0.868. The van der Waals surface area contributed by atoms with Gasteiger partial charge in [-0.1, -0.05) is 0 Å². The molecule has 4 nitrogen and oxygen atoms in total. The largest absolute Gasteiger partial charge is 0.464 e. The molecule has 1 N–H and O–H groups in total. The van der Waals surface area contributed by atoms with Crippen molar-refractivity contribution in [2.45, 2.75) is 38.3 Å². The molecule has 100 valence electrons. The van der Waals surface area contributed by atoms with E-state index in [4.69, 9.17) is 4.74 Å². The standard InChI is InChI=1S/C13H19BrN2O2/c1-9-7-16(8-13(15-2)5-4-6-13)11(10(9)14)12(17)18-3/h7,15H,4-6,8H2,1-3H3. The van der Waals surface area contributed by atoms with Gasteiger partial charge in [-0.2, -0.15) is 0 Å². The van der Waals surface area contributed by atoms with Crippen LogP contribution in [0.5, 0.6) is 0 Å². The molecule has 0 spiro atoms. The average molecular weight is 315 g/mol. The summed E-state index contributed by atoms with van der Waals surface area (Å²) in [6.07, 6.45) is 5.56. The van der Waals surface area contributed by atoms with Crippen LogP contribution in [0.25, 0.3) is 0 Å². The van der Waals surface area contributed by atoms with E-state index in [0.29, 0.717) is 5.69 Å². The summed E-state index contributed by atoms with van der Waals surface area (Å²) >= 11 is 3.47. The Balaban J connectivity index is 2.32. The number of aromatic nitrogens is 1. The monoisotopic (exact) mass is 314 g/mol. The van der Waals surface area contributed by atoms with Crippen LogP contribution in [-0.2, 0) is 11.3 Å². The maximum absolute atomic E-state index is 11.9. The molecule has 1 aromatic rings. The maximum atomic E-state index is 11.9. The molecule has 0 unspecified atom stereocenters. The number of rotatable bonds is 4. The average Bonchev–Trinajstić information content (AvgIpc) is 2.59. The van der Waals surface area contributed by atoms with E-state index in [1.54, 1.807) is 0 Å². The lowest BCUT2D eigenvalue weighted by Gasteiger charge is -2.42. The zero-order valence-electron chi connectivity index (χ0n) is 11.0. The molecule has 0 radical (unpaired) electrons. The molecule has 0 aliphatic heterocycles. The summed E-state index contributed by atoms with van der Waals surface area (Å²) in [6, 6.07) is 0. The molecule has 1 aliphatic rings. The fourth-order valence-corrected chi connectivity index (χ4v) is 3.00. The predicted octanol–water partition coefficient (Wildman–Crippen LogP) is 2.49. The third-order valence-electron chi connectivity index (χ3n) is 3.88. The molecule has 0 aromatic carbocycles. The van der Waals surface area contributed by atoms with Gasteiger partial charge in [0.2, 0.25) is 0 Å². The Morgan fingerprint density at radius 2 is 2.28 bits per heavy atom. The first kappa shape index (κ1) is 13.6. The fourth-order valence-electron chi connectivity index (χ4n) is 2.51.